The van der Waals surface area contributed by atoms with Crippen LogP contribution in [0.15, 0.2) is 48.5 Å². The molecule has 0 radical (unpaired) electrons. The fourth-order valence-corrected chi connectivity index (χ4v) is 2.53. The maximum absolute atomic E-state index is 13.2. The lowest BCUT2D eigenvalue weighted by molar-refractivity contribution is -0.121. The van der Waals surface area contributed by atoms with Gasteiger partial charge in [0, 0.05) is 24.4 Å². The molecule has 5 heteroatoms. The van der Waals surface area contributed by atoms with Crippen molar-refractivity contribution in [1.82, 2.24) is 5.32 Å². The van der Waals surface area contributed by atoms with Gasteiger partial charge in [-0.2, -0.15) is 0 Å². The van der Waals surface area contributed by atoms with Crippen molar-refractivity contribution in [3.05, 3.63) is 71.0 Å². The van der Waals surface area contributed by atoms with Gasteiger partial charge < -0.3 is 10.4 Å². The molecule has 0 aromatic heterocycles. The lowest BCUT2D eigenvalue weighted by atomic mass is 9.96. The van der Waals surface area contributed by atoms with E-state index in [-0.39, 0.29) is 30.3 Å². The van der Waals surface area contributed by atoms with Gasteiger partial charge in [-0.25, -0.2) is 4.39 Å². The minimum absolute atomic E-state index is 0.00818. The Morgan fingerprint density at radius 2 is 1.80 bits per heavy atom. The predicted molar refractivity (Wildman–Crippen MR) is 93.6 cm³/mol. The van der Waals surface area contributed by atoms with Crippen molar-refractivity contribution in [1.29, 1.82) is 0 Å². The van der Waals surface area contributed by atoms with Crippen LogP contribution in [-0.4, -0.2) is 23.3 Å². The number of nitrogens with one attached hydrogen (secondary N) is 1. The van der Waals surface area contributed by atoms with E-state index in [9.17, 15) is 14.0 Å². The average Bonchev–Trinajstić information content (AvgIpc) is 2.61. The highest BCUT2D eigenvalue weighted by Gasteiger charge is 2.18. The molecule has 2 aromatic rings. The van der Waals surface area contributed by atoms with Gasteiger partial charge in [0.1, 0.15) is 5.82 Å². The maximum Gasteiger partial charge on any atom is 0.220 e. The van der Waals surface area contributed by atoms with Gasteiger partial charge in [0.25, 0.3) is 0 Å². The van der Waals surface area contributed by atoms with Crippen LogP contribution in [0, 0.1) is 11.7 Å². The van der Waals surface area contributed by atoms with Crippen LogP contribution in [0.5, 0.6) is 0 Å². The summed E-state index contributed by atoms with van der Waals surface area (Å²) in [6.45, 7) is 2.15. The molecule has 0 spiro atoms. The summed E-state index contributed by atoms with van der Waals surface area (Å²) >= 11 is 0. The minimum Gasteiger partial charge on any atom is -0.392 e. The Kier molecular flexibility index (Phi) is 6.83. The summed E-state index contributed by atoms with van der Waals surface area (Å²) in [5, 5.41) is 11.8. The molecular formula is C20H22FNO3. The molecule has 0 fully saturated rings. The molecule has 0 heterocycles. The van der Waals surface area contributed by atoms with Gasteiger partial charge in [-0.3, -0.25) is 9.59 Å². The van der Waals surface area contributed by atoms with Gasteiger partial charge in [0.15, 0.2) is 5.78 Å². The van der Waals surface area contributed by atoms with Crippen LogP contribution in [0.4, 0.5) is 4.39 Å². The number of benzene rings is 2. The molecule has 25 heavy (non-hydrogen) atoms. The normalized spacial score (nSPS) is 11.8. The van der Waals surface area contributed by atoms with Crippen molar-refractivity contribution in [2.45, 2.75) is 26.4 Å². The van der Waals surface area contributed by atoms with Crippen molar-refractivity contribution in [2.24, 2.45) is 5.92 Å². The molecule has 4 nitrogen and oxygen atoms in total. The zero-order chi connectivity index (χ0) is 18.2. The average molecular weight is 343 g/mol. The number of rotatable bonds is 8. The van der Waals surface area contributed by atoms with Crippen LogP contribution in [0.1, 0.15) is 34.8 Å². The number of amides is 1. The number of aliphatic hydroxyl groups excluding tert-OH is 1. The first-order valence-corrected chi connectivity index (χ1v) is 8.24. The highest BCUT2D eigenvalue weighted by Crippen LogP contribution is 2.13. The van der Waals surface area contributed by atoms with Crippen LogP contribution < -0.4 is 5.32 Å². The van der Waals surface area contributed by atoms with Crippen LogP contribution in [-0.2, 0) is 17.8 Å². The van der Waals surface area contributed by atoms with E-state index in [0.29, 0.717) is 13.0 Å². The molecule has 0 saturated carbocycles. The fraction of sp³-hybridized carbons (Fsp3) is 0.300. The van der Waals surface area contributed by atoms with E-state index >= 15 is 0 Å². The minimum atomic E-state index is -0.509. The standard InChI is InChI=1S/C20H22FNO3/c1-14(20(25)17-3-2-4-18(21)12-17)11-19(24)22-10-9-15-5-7-16(13-23)8-6-15/h2-8,12,14,23H,9-11,13H2,1H3,(H,22,24). The summed E-state index contributed by atoms with van der Waals surface area (Å²) in [4.78, 5) is 24.2. The summed E-state index contributed by atoms with van der Waals surface area (Å²) in [5.74, 6) is -1.42. The van der Waals surface area contributed by atoms with Gasteiger partial charge in [-0.1, -0.05) is 43.3 Å². The monoisotopic (exact) mass is 343 g/mol. The summed E-state index contributed by atoms with van der Waals surface area (Å²) < 4.78 is 13.2. The Hall–Kier alpha value is -2.53. The van der Waals surface area contributed by atoms with E-state index in [1.165, 1.54) is 18.2 Å². The predicted octanol–water partition coefficient (Wildman–Crippen LogP) is 2.89. The Balaban J connectivity index is 1.78. The van der Waals surface area contributed by atoms with E-state index < -0.39 is 11.7 Å². The van der Waals surface area contributed by atoms with Crippen LogP contribution in [0.25, 0.3) is 0 Å². The first-order valence-electron chi connectivity index (χ1n) is 8.24. The molecule has 0 aliphatic heterocycles. The highest BCUT2D eigenvalue weighted by atomic mass is 19.1. The van der Waals surface area contributed by atoms with Crippen molar-refractivity contribution in [3.8, 4) is 0 Å². The molecule has 1 atom stereocenters. The number of aliphatic hydroxyl groups is 1. The third-order valence-electron chi connectivity index (χ3n) is 3.99. The van der Waals surface area contributed by atoms with Gasteiger partial charge in [-0.15, -0.1) is 0 Å². The molecule has 0 saturated heterocycles. The summed E-state index contributed by atoms with van der Waals surface area (Å²) in [6, 6.07) is 13.0. The summed E-state index contributed by atoms with van der Waals surface area (Å²) in [6.07, 6.45) is 0.739. The van der Waals surface area contributed by atoms with Gasteiger partial charge in [0.2, 0.25) is 5.91 Å². The third kappa shape index (κ3) is 5.80. The summed E-state index contributed by atoms with van der Waals surface area (Å²) in [7, 11) is 0. The zero-order valence-electron chi connectivity index (χ0n) is 14.2. The van der Waals surface area contributed by atoms with Crippen molar-refractivity contribution in [3.63, 3.8) is 0 Å². The SMILES string of the molecule is CC(CC(=O)NCCc1ccc(CO)cc1)C(=O)c1cccc(F)c1. The van der Waals surface area contributed by atoms with E-state index in [0.717, 1.165) is 11.1 Å². The molecular weight excluding hydrogens is 321 g/mol. The van der Waals surface area contributed by atoms with Crippen LogP contribution >= 0.6 is 0 Å². The molecule has 1 unspecified atom stereocenters. The number of ketones is 1. The molecule has 2 aromatic carbocycles. The van der Waals surface area contributed by atoms with E-state index in [1.54, 1.807) is 13.0 Å². The van der Waals surface area contributed by atoms with Crippen LogP contribution in [0.2, 0.25) is 0 Å². The van der Waals surface area contributed by atoms with E-state index in [4.69, 9.17) is 5.11 Å². The molecule has 0 bridgehead atoms. The largest absolute Gasteiger partial charge is 0.392 e. The second-order valence-electron chi connectivity index (χ2n) is 6.05. The number of Topliss-reactive ketones (excluding diaryl/α,β-unsaturated/α-hetero) is 1. The van der Waals surface area contributed by atoms with E-state index in [2.05, 4.69) is 5.32 Å². The van der Waals surface area contributed by atoms with Gasteiger partial charge in [-0.05, 0) is 29.7 Å². The number of carbonyl (C=O) groups excluding carboxylic acids is 2. The van der Waals surface area contributed by atoms with Gasteiger partial charge >= 0.3 is 0 Å². The second kappa shape index (κ2) is 9.08. The molecule has 1 amide bonds. The van der Waals surface area contributed by atoms with Crippen molar-refractivity contribution >= 4 is 11.7 Å². The number of hydrogen-bond donors (Lipinski definition) is 2. The first kappa shape index (κ1) is 18.8. The van der Waals surface area contributed by atoms with Crippen molar-refractivity contribution < 1.29 is 19.1 Å². The number of halogens is 1. The summed E-state index contributed by atoms with van der Waals surface area (Å²) in [5.41, 5.74) is 2.18. The Morgan fingerprint density at radius 1 is 1.12 bits per heavy atom. The Bertz CT molecular complexity index is 728. The topological polar surface area (TPSA) is 66.4 Å². The molecule has 132 valence electrons. The van der Waals surface area contributed by atoms with E-state index in [1.807, 2.05) is 24.3 Å². The smallest absolute Gasteiger partial charge is 0.220 e. The lowest BCUT2D eigenvalue weighted by Crippen LogP contribution is -2.29. The highest BCUT2D eigenvalue weighted by molar-refractivity contribution is 5.99. The van der Waals surface area contributed by atoms with Crippen LogP contribution in [0.3, 0.4) is 0 Å². The molecule has 2 N–H and O–H groups in total. The maximum atomic E-state index is 13.2. The zero-order valence-corrected chi connectivity index (χ0v) is 14.2. The number of hydrogen-bond acceptors (Lipinski definition) is 3. The molecule has 0 aliphatic carbocycles. The number of carbonyl (C=O) groups is 2. The Morgan fingerprint density at radius 3 is 2.44 bits per heavy atom. The first-order chi connectivity index (χ1) is 12.0. The quantitative estimate of drug-likeness (QED) is 0.724. The third-order valence-corrected chi connectivity index (χ3v) is 3.99. The molecule has 2 rings (SSSR count). The fourth-order valence-electron chi connectivity index (χ4n) is 2.53. The lowest BCUT2D eigenvalue weighted by Gasteiger charge is -2.11. The van der Waals surface area contributed by atoms with Gasteiger partial charge in [0.05, 0.1) is 6.61 Å². The Labute approximate surface area is 146 Å². The molecule has 0 aliphatic rings. The van der Waals surface area contributed by atoms with Crippen molar-refractivity contribution in [2.75, 3.05) is 6.54 Å². The second-order valence-corrected chi connectivity index (χ2v) is 6.05.